The van der Waals surface area contributed by atoms with Crippen molar-refractivity contribution in [3.05, 3.63) is 0 Å². The van der Waals surface area contributed by atoms with Gasteiger partial charge in [0, 0.05) is 0 Å². The van der Waals surface area contributed by atoms with Crippen molar-refractivity contribution in [2.24, 2.45) is 17.8 Å². The molecule has 14 heavy (non-hydrogen) atoms. The fraction of sp³-hybridized carbons (Fsp3) is 1.00. The van der Waals surface area contributed by atoms with Crippen LogP contribution in [0.2, 0.25) is 0 Å². The molecule has 3 unspecified atom stereocenters. The Morgan fingerprint density at radius 1 is 1.21 bits per heavy atom. The maximum atomic E-state index is 2.46. The van der Waals surface area contributed by atoms with Crippen molar-refractivity contribution in [2.45, 2.75) is 72.1 Å². The highest BCUT2D eigenvalue weighted by molar-refractivity contribution is 4.76. The Hall–Kier alpha value is 0. The molecule has 0 N–H and O–H groups in total. The van der Waals surface area contributed by atoms with Crippen molar-refractivity contribution in [3.63, 3.8) is 0 Å². The van der Waals surface area contributed by atoms with Gasteiger partial charge in [0.25, 0.3) is 0 Å². The molecule has 84 valence electrons. The first-order valence-corrected chi connectivity index (χ1v) is 6.77. The first kappa shape index (κ1) is 12.1. The molecule has 0 radical (unpaired) electrons. The van der Waals surface area contributed by atoms with E-state index in [-0.39, 0.29) is 0 Å². The number of rotatable bonds is 6. The zero-order valence-electron chi connectivity index (χ0n) is 10.4. The average Bonchev–Trinajstić information content (AvgIpc) is 2.59. The van der Waals surface area contributed by atoms with Crippen LogP contribution in [-0.4, -0.2) is 0 Å². The summed E-state index contributed by atoms with van der Waals surface area (Å²) < 4.78 is 0. The van der Waals surface area contributed by atoms with Crippen LogP contribution in [0.5, 0.6) is 0 Å². The average molecular weight is 196 g/mol. The summed E-state index contributed by atoms with van der Waals surface area (Å²) in [7, 11) is 0. The predicted octanol–water partition coefficient (Wildman–Crippen LogP) is 5.03. The Bertz CT molecular complexity index is 139. The maximum absolute atomic E-state index is 2.46. The molecule has 0 aromatic rings. The van der Waals surface area contributed by atoms with Crippen molar-refractivity contribution in [1.29, 1.82) is 0 Å². The zero-order valence-corrected chi connectivity index (χ0v) is 10.4. The molecule has 1 rings (SSSR count). The minimum atomic E-state index is 1.02. The predicted molar refractivity (Wildman–Crippen MR) is 64.4 cm³/mol. The van der Waals surface area contributed by atoms with Gasteiger partial charge in [-0.25, -0.2) is 0 Å². The largest absolute Gasteiger partial charge is 0.0654 e. The van der Waals surface area contributed by atoms with E-state index in [2.05, 4.69) is 20.8 Å². The molecule has 3 atom stereocenters. The van der Waals surface area contributed by atoms with Crippen LogP contribution in [0.1, 0.15) is 72.1 Å². The molecule has 0 heterocycles. The van der Waals surface area contributed by atoms with Crippen LogP contribution in [0.3, 0.4) is 0 Å². The van der Waals surface area contributed by atoms with Crippen LogP contribution < -0.4 is 0 Å². The van der Waals surface area contributed by atoms with Crippen LogP contribution in [0.15, 0.2) is 0 Å². The van der Waals surface area contributed by atoms with E-state index < -0.39 is 0 Å². The Kier molecular flexibility index (Phi) is 5.59. The molecular weight excluding hydrogens is 168 g/mol. The van der Waals surface area contributed by atoms with E-state index in [4.69, 9.17) is 0 Å². The smallest absolute Gasteiger partial charge is 0.0386 e. The third-order valence-corrected chi connectivity index (χ3v) is 4.22. The standard InChI is InChI=1S/C14H28/c1-4-6-9-13(5-2)11-14-10-7-8-12(14)3/h12-14H,4-11H2,1-3H3. The van der Waals surface area contributed by atoms with Gasteiger partial charge in [-0.3, -0.25) is 0 Å². The molecule has 0 nitrogen and oxygen atoms in total. The summed E-state index contributed by atoms with van der Waals surface area (Å²) in [5.74, 6) is 3.11. The molecule has 1 saturated carbocycles. The molecule has 1 aliphatic carbocycles. The summed E-state index contributed by atoms with van der Waals surface area (Å²) in [5, 5.41) is 0. The highest BCUT2D eigenvalue weighted by Crippen LogP contribution is 2.37. The summed E-state index contributed by atoms with van der Waals surface area (Å²) in [6, 6.07) is 0. The van der Waals surface area contributed by atoms with Gasteiger partial charge >= 0.3 is 0 Å². The minimum Gasteiger partial charge on any atom is -0.0654 e. The van der Waals surface area contributed by atoms with Crippen molar-refractivity contribution in [2.75, 3.05) is 0 Å². The van der Waals surface area contributed by atoms with Gasteiger partial charge < -0.3 is 0 Å². The molecule has 0 amide bonds. The lowest BCUT2D eigenvalue weighted by Gasteiger charge is -2.22. The van der Waals surface area contributed by atoms with E-state index in [1.54, 1.807) is 0 Å². The maximum Gasteiger partial charge on any atom is -0.0386 e. The second-order valence-corrected chi connectivity index (χ2v) is 5.32. The molecule has 0 aromatic heterocycles. The monoisotopic (exact) mass is 196 g/mol. The van der Waals surface area contributed by atoms with Crippen molar-refractivity contribution >= 4 is 0 Å². The highest BCUT2D eigenvalue weighted by atomic mass is 14.3. The van der Waals surface area contributed by atoms with Crippen LogP contribution in [0.4, 0.5) is 0 Å². The molecule has 0 bridgehead atoms. The van der Waals surface area contributed by atoms with Crippen molar-refractivity contribution in [1.82, 2.24) is 0 Å². The summed E-state index contributed by atoms with van der Waals surface area (Å²) in [6.45, 7) is 7.15. The van der Waals surface area contributed by atoms with E-state index in [0.717, 1.165) is 17.8 Å². The summed E-state index contributed by atoms with van der Waals surface area (Å²) >= 11 is 0. The molecule has 0 spiro atoms. The first-order valence-electron chi connectivity index (χ1n) is 6.77. The lowest BCUT2D eigenvalue weighted by molar-refractivity contribution is 0.295. The van der Waals surface area contributed by atoms with Gasteiger partial charge in [0.15, 0.2) is 0 Å². The first-order chi connectivity index (χ1) is 6.77. The second kappa shape index (κ2) is 6.48. The molecule has 1 aliphatic rings. The lowest BCUT2D eigenvalue weighted by atomic mass is 9.84. The number of unbranched alkanes of at least 4 members (excludes halogenated alkanes) is 1. The van der Waals surface area contributed by atoms with E-state index in [1.807, 2.05) is 0 Å². The van der Waals surface area contributed by atoms with Gasteiger partial charge in [-0.15, -0.1) is 0 Å². The highest BCUT2D eigenvalue weighted by Gasteiger charge is 2.25. The van der Waals surface area contributed by atoms with E-state index in [0.29, 0.717) is 0 Å². The third kappa shape index (κ3) is 3.63. The summed E-state index contributed by atoms with van der Waals surface area (Å²) in [4.78, 5) is 0. The van der Waals surface area contributed by atoms with Crippen LogP contribution in [-0.2, 0) is 0 Å². The Balaban J connectivity index is 2.24. The number of hydrogen-bond acceptors (Lipinski definition) is 0. The van der Waals surface area contributed by atoms with E-state index >= 15 is 0 Å². The second-order valence-electron chi connectivity index (χ2n) is 5.32. The molecule has 0 aromatic carbocycles. The minimum absolute atomic E-state index is 1.02. The van der Waals surface area contributed by atoms with Gasteiger partial charge in [-0.05, 0) is 24.2 Å². The SMILES string of the molecule is CCCCC(CC)CC1CCCC1C. The van der Waals surface area contributed by atoms with E-state index in [1.165, 1.54) is 51.4 Å². The Morgan fingerprint density at radius 2 is 2.00 bits per heavy atom. The lowest BCUT2D eigenvalue weighted by Crippen LogP contribution is -2.10. The van der Waals surface area contributed by atoms with Gasteiger partial charge in [-0.1, -0.05) is 65.7 Å². The van der Waals surface area contributed by atoms with Crippen LogP contribution >= 0.6 is 0 Å². The van der Waals surface area contributed by atoms with Crippen molar-refractivity contribution < 1.29 is 0 Å². The van der Waals surface area contributed by atoms with Gasteiger partial charge in [0.05, 0.1) is 0 Å². The van der Waals surface area contributed by atoms with E-state index in [9.17, 15) is 0 Å². The van der Waals surface area contributed by atoms with Gasteiger partial charge in [0.1, 0.15) is 0 Å². The van der Waals surface area contributed by atoms with Gasteiger partial charge in [-0.2, -0.15) is 0 Å². The number of hydrogen-bond donors (Lipinski definition) is 0. The Labute approximate surface area is 90.5 Å². The van der Waals surface area contributed by atoms with Crippen LogP contribution in [0.25, 0.3) is 0 Å². The van der Waals surface area contributed by atoms with Crippen LogP contribution in [0, 0.1) is 17.8 Å². The fourth-order valence-electron chi connectivity index (χ4n) is 2.98. The quantitative estimate of drug-likeness (QED) is 0.559. The Morgan fingerprint density at radius 3 is 2.50 bits per heavy atom. The van der Waals surface area contributed by atoms with Crippen molar-refractivity contribution in [3.8, 4) is 0 Å². The molecule has 0 saturated heterocycles. The molecule has 1 fully saturated rings. The topological polar surface area (TPSA) is 0 Å². The molecule has 0 aliphatic heterocycles. The molecule has 0 heteroatoms. The summed E-state index contributed by atoms with van der Waals surface area (Å²) in [5.41, 5.74) is 0. The summed E-state index contributed by atoms with van der Waals surface area (Å²) in [6.07, 6.45) is 11.7. The van der Waals surface area contributed by atoms with Gasteiger partial charge in [0.2, 0.25) is 0 Å². The normalized spacial score (nSPS) is 29.4. The zero-order chi connectivity index (χ0) is 10.4. The molecular formula is C14H28. The third-order valence-electron chi connectivity index (χ3n) is 4.22. The fourth-order valence-corrected chi connectivity index (χ4v) is 2.98.